The van der Waals surface area contributed by atoms with Gasteiger partial charge < -0.3 is 10.1 Å². The third-order valence-electron chi connectivity index (χ3n) is 4.44. The summed E-state index contributed by atoms with van der Waals surface area (Å²) in [6, 6.07) is 8.15. The molecule has 150 valence electrons. The number of sulfone groups is 1. The number of carbonyl (C=O) groups is 2. The molecule has 0 saturated carbocycles. The van der Waals surface area contributed by atoms with Gasteiger partial charge in [0.2, 0.25) is 0 Å². The molecule has 7 heteroatoms. The maximum absolute atomic E-state index is 12.5. The fourth-order valence-electron chi connectivity index (χ4n) is 2.93. The highest BCUT2D eigenvalue weighted by Crippen LogP contribution is 2.23. The van der Waals surface area contributed by atoms with Gasteiger partial charge >= 0.3 is 5.97 Å². The van der Waals surface area contributed by atoms with E-state index in [0.29, 0.717) is 11.3 Å². The van der Waals surface area contributed by atoms with Crippen molar-refractivity contribution in [3.63, 3.8) is 0 Å². The van der Waals surface area contributed by atoms with Crippen LogP contribution in [0.3, 0.4) is 0 Å². The second-order valence-corrected chi connectivity index (χ2v) is 9.08. The molecule has 1 amide bonds. The number of carbonyl (C=O) groups excluding carboxylic acids is 2. The van der Waals surface area contributed by atoms with E-state index in [0.717, 1.165) is 22.9 Å². The van der Waals surface area contributed by atoms with Crippen LogP contribution in [0, 0.1) is 27.7 Å². The van der Waals surface area contributed by atoms with Gasteiger partial charge in [0.1, 0.15) is 0 Å². The molecule has 0 saturated heterocycles. The van der Waals surface area contributed by atoms with E-state index >= 15 is 0 Å². The molecule has 0 bridgehead atoms. The van der Waals surface area contributed by atoms with E-state index in [9.17, 15) is 18.0 Å². The van der Waals surface area contributed by atoms with Gasteiger partial charge in [0.05, 0.1) is 10.5 Å². The number of hydrogen-bond donors (Lipinski definition) is 1. The maximum Gasteiger partial charge on any atom is 0.339 e. The first kappa shape index (κ1) is 21.6. The highest BCUT2D eigenvalue weighted by Gasteiger charge is 2.22. The van der Waals surface area contributed by atoms with Gasteiger partial charge in [-0.25, -0.2) is 13.2 Å². The van der Waals surface area contributed by atoms with Gasteiger partial charge in [-0.1, -0.05) is 23.8 Å². The van der Waals surface area contributed by atoms with Gasteiger partial charge in [0.15, 0.2) is 15.9 Å². The second-order valence-electron chi connectivity index (χ2n) is 7.06. The lowest BCUT2D eigenvalue weighted by molar-refractivity contribution is -0.123. The molecule has 0 fully saturated rings. The van der Waals surface area contributed by atoms with Crippen molar-refractivity contribution < 1.29 is 22.7 Å². The number of anilines is 1. The molecule has 0 aliphatic carbocycles. The molecule has 28 heavy (non-hydrogen) atoms. The van der Waals surface area contributed by atoms with Gasteiger partial charge in [-0.15, -0.1) is 0 Å². The van der Waals surface area contributed by atoms with Crippen LogP contribution >= 0.6 is 0 Å². The first-order chi connectivity index (χ1) is 12.9. The Bertz CT molecular complexity index is 1020. The Hall–Kier alpha value is -2.67. The Kier molecular flexibility index (Phi) is 6.29. The average molecular weight is 404 g/mol. The number of aryl methyl sites for hydroxylation is 4. The highest BCUT2D eigenvalue weighted by molar-refractivity contribution is 7.90. The summed E-state index contributed by atoms with van der Waals surface area (Å²) >= 11 is 0. The summed E-state index contributed by atoms with van der Waals surface area (Å²) in [5, 5.41) is 2.80. The first-order valence-corrected chi connectivity index (χ1v) is 10.7. The summed E-state index contributed by atoms with van der Waals surface area (Å²) in [4.78, 5) is 25.0. The maximum atomic E-state index is 12.5. The number of rotatable bonds is 5. The van der Waals surface area contributed by atoms with Crippen molar-refractivity contribution in [2.45, 2.75) is 45.6 Å². The Morgan fingerprint density at radius 2 is 1.54 bits per heavy atom. The third kappa shape index (κ3) is 4.98. The molecule has 2 rings (SSSR count). The molecular formula is C21H25NO5S. The molecule has 0 heterocycles. The lowest BCUT2D eigenvalue weighted by Crippen LogP contribution is -2.30. The number of hydrogen-bond acceptors (Lipinski definition) is 5. The van der Waals surface area contributed by atoms with Gasteiger partial charge in [-0.3, -0.25) is 4.79 Å². The summed E-state index contributed by atoms with van der Waals surface area (Å²) in [5.41, 5.74) is 4.30. The quantitative estimate of drug-likeness (QED) is 0.772. The van der Waals surface area contributed by atoms with Crippen molar-refractivity contribution in [1.82, 2.24) is 0 Å². The van der Waals surface area contributed by atoms with Gasteiger partial charge in [0.25, 0.3) is 5.91 Å². The van der Waals surface area contributed by atoms with E-state index in [1.807, 2.05) is 32.9 Å². The van der Waals surface area contributed by atoms with Gasteiger partial charge in [0, 0.05) is 11.9 Å². The van der Waals surface area contributed by atoms with Crippen LogP contribution in [0.1, 0.15) is 39.5 Å². The van der Waals surface area contributed by atoms with Crippen molar-refractivity contribution in [3.05, 3.63) is 58.1 Å². The van der Waals surface area contributed by atoms with E-state index in [1.165, 1.54) is 25.1 Å². The minimum Gasteiger partial charge on any atom is -0.449 e. The molecule has 0 aromatic heterocycles. The lowest BCUT2D eigenvalue weighted by Gasteiger charge is -2.17. The summed E-state index contributed by atoms with van der Waals surface area (Å²) in [6.45, 7) is 8.91. The van der Waals surface area contributed by atoms with Crippen LogP contribution in [0.4, 0.5) is 5.69 Å². The normalized spacial score (nSPS) is 12.4. The molecule has 0 aliphatic rings. The molecule has 2 aromatic carbocycles. The smallest absolute Gasteiger partial charge is 0.339 e. The van der Waals surface area contributed by atoms with Crippen LogP contribution in [0.2, 0.25) is 0 Å². The molecule has 0 radical (unpaired) electrons. The van der Waals surface area contributed by atoms with Crippen molar-refractivity contribution in [2.75, 3.05) is 11.6 Å². The number of benzene rings is 2. The summed E-state index contributed by atoms with van der Waals surface area (Å²) in [7, 11) is -3.46. The van der Waals surface area contributed by atoms with E-state index < -0.39 is 27.8 Å². The SMILES string of the molecule is Cc1cc(C)c(NC(=O)[C@@H](C)OC(=O)c2cc(S(C)(=O)=O)ccc2C)c(C)c1. The summed E-state index contributed by atoms with van der Waals surface area (Å²) in [5.74, 6) is -1.21. The summed E-state index contributed by atoms with van der Waals surface area (Å²) in [6.07, 6.45) is 0.0173. The Labute approximate surface area is 165 Å². The fourth-order valence-corrected chi connectivity index (χ4v) is 3.58. The van der Waals surface area contributed by atoms with Gasteiger partial charge in [-0.05, 0) is 63.4 Å². The Morgan fingerprint density at radius 3 is 2.07 bits per heavy atom. The minimum atomic E-state index is -3.46. The topological polar surface area (TPSA) is 89.5 Å². The number of amides is 1. The predicted octanol–water partition coefficient (Wildman–Crippen LogP) is 3.51. The predicted molar refractivity (Wildman–Crippen MR) is 108 cm³/mol. The van der Waals surface area contributed by atoms with Gasteiger partial charge in [-0.2, -0.15) is 0 Å². The molecule has 1 N–H and O–H groups in total. The van der Waals surface area contributed by atoms with Crippen LogP contribution in [-0.4, -0.2) is 32.7 Å². The van der Waals surface area contributed by atoms with Crippen LogP contribution < -0.4 is 5.32 Å². The molecule has 2 aromatic rings. The summed E-state index contributed by atoms with van der Waals surface area (Å²) < 4.78 is 28.7. The monoisotopic (exact) mass is 403 g/mol. The van der Waals surface area contributed by atoms with E-state index in [4.69, 9.17) is 4.74 Å². The molecule has 0 aliphatic heterocycles. The largest absolute Gasteiger partial charge is 0.449 e. The zero-order chi connectivity index (χ0) is 21.2. The van der Waals surface area contributed by atoms with Crippen LogP contribution in [-0.2, 0) is 19.4 Å². The lowest BCUT2D eigenvalue weighted by atomic mass is 10.0. The zero-order valence-electron chi connectivity index (χ0n) is 16.9. The highest BCUT2D eigenvalue weighted by atomic mass is 32.2. The molecule has 0 unspecified atom stereocenters. The van der Waals surface area contributed by atoms with Crippen molar-refractivity contribution in [2.24, 2.45) is 0 Å². The Morgan fingerprint density at radius 1 is 0.964 bits per heavy atom. The molecule has 1 atom stereocenters. The van der Waals surface area contributed by atoms with E-state index in [2.05, 4.69) is 5.32 Å². The Balaban J connectivity index is 2.18. The van der Waals surface area contributed by atoms with Crippen LogP contribution in [0.15, 0.2) is 35.2 Å². The number of ether oxygens (including phenoxy) is 1. The van der Waals surface area contributed by atoms with Crippen molar-refractivity contribution in [3.8, 4) is 0 Å². The minimum absolute atomic E-state index is 0.0214. The third-order valence-corrected chi connectivity index (χ3v) is 5.55. The van der Waals surface area contributed by atoms with Crippen molar-refractivity contribution in [1.29, 1.82) is 0 Å². The van der Waals surface area contributed by atoms with Crippen molar-refractivity contribution >= 4 is 27.4 Å². The van der Waals surface area contributed by atoms with Crippen LogP contribution in [0.25, 0.3) is 0 Å². The van der Waals surface area contributed by atoms with E-state index in [-0.39, 0.29) is 10.5 Å². The standard InChI is InChI=1S/C21H25NO5S/c1-12-9-14(3)19(15(4)10-12)22-20(23)16(5)27-21(24)18-11-17(28(6,25)26)8-7-13(18)2/h7-11,16H,1-6H3,(H,22,23)/t16-/m1/s1. The van der Waals surface area contributed by atoms with E-state index in [1.54, 1.807) is 6.92 Å². The average Bonchev–Trinajstić information content (AvgIpc) is 2.56. The zero-order valence-corrected chi connectivity index (χ0v) is 17.7. The molecular weight excluding hydrogens is 378 g/mol. The number of nitrogens with one attached hydrogen (secondary N) is 1. The number of esters is 1. The molecule has 0 spiro atoms. The first-order valence-electron chi connectivity index (χ1n) is 8.80. The fraction of sp³-hybridized carbons (Fsp3) is 0.333. The molecule has 6 nitrogen and oxygen atoms in total. The van der Waals surface area contributed by atoms with Crippen LogP contribution in [0.5, 0.6) is 0 Å². The second kappa shape index (κ2) is 8.14.